The van der Waals surface area contributed by atoms with Crippen LogP contribution in [-0.4, -0.2) is 26.7 Å². The average Bonchev–Trinajstić information content (AvgIpc) is 2.56. The summed E-state index contributed by atoms with van der Waals surface area (Å²) in [6.45, 7) is -3.13. The molecule has 1 amide bonds. The lowest BCUT2D eigenvalue weighted by Crippen LogP contribution is -2.12. The lowest BCUT2D eigenvalue weighted by Gasteiger charge is -2.11. The third-order valence-corrected chi connectivity index (χ3v) is 3.05. The molecule has 0 spiro atoms. The second-order valence-corrected chi connectivity index (χ2v) is 4.55. The fraction of sp³-hybridized carbons (Fsp3) is 0.188. The molecule has 0 aromatic heterocycles. The minimum absolute atomic E-state index is 0.0916. The predicted octanol–water partition coefficient (Wildman–Crippen LogP) is 3.70. The predicted molar refractivity (Wildman–Crippen MR) is 80.5 cm³/mol. The summed E-state index contributed by atoms with van der Waals surface area (Å²) in [5.41, 5.74) is 0.342. The van der Waals surface area contributed by atoms with E-state index in [0.717, 1.165) is 12.1 Å². The molecule has 5 nitrogen and oxygen atoms in total. The molecule has 0 radical (unpaired) electrons. The first-order valence-electron chi connectivity index (χ1n) is 6.72. The van der Waals surface area contributed by atoms with Crippen LogP contribution in [0.2, 0.25) is 0 Å². The SMILES string of the molecule is COc1ccc(C(=O)Nc2ccc(OC(F)F)c(F)c2)cc1OC. The van der Waals surface area contributed by atoms with Crippen molar-refractivity contribution >= 4 is 11.6 Å². The molecule has 8 heteroatoms. The van der Waals surface area contributed by atoms with Crippen molar-refractivity contribution in [1.29, 1.82) is 0 Å². The van der Waals surface area contributed by atoms with Crippen LogP contribution in [-0.2, 0) is 0 Å². The molecule has 0 fully saturated rings. The maximum Gasteiger partial charge on any atom is 0.387 e. The third kappa shape index (κ3) is 4.09. The fourth-order valence-corrected chi connectivity index (χ4v) is 1.95. The summed E-state index contributed by atoms with van der Waals surface area (Å²) in [7, 11) is 2.89. The minimum atomic E-state index is -3.13. The molecule has 0 unspecified atom stereocenters. The lowest BCUT2D eigenvalue weighted by atomic mass is 10.2. The molecule has 0 aliphatic rings. The van der Waals surface area contributed by atoms with Gasteiger partial charge >= 0.3 is 6.61 Å². The van der Waals surface area contributed by atoms with Gasteiger partial charge in [-0.3, -0.25) is 4.79 Å². The van der Waals surface area contributed by atoms with Crippen LogP contribution in [0.5, 0.6) is 17.2 Å². The van der Waals surface area contributed by atoms with Crippen LogP contribution < -0.4 is 19.5 Å². The van der Waals surface area contributed by atoms with Gasteiger partial charge in [0.2, 0.25) is 0 Å². The van der Waals surface area contributed by atoms with E-state index >= 15 is 0 Å². The van der Waals surface area contributed by atoms with Gasteiger partial charge in [-0.15, -0.1) is 0 Å². The molecule has 0 saturated carbocycles. The first kappa shape index (κ1) is 17.5. The summed E-state index contributed by atoms with van der Waals surface area (Å²) < 4.78 is 52.0. The third-order valence-electron chi connectivity index (χ3n) is 3.05. The Balaban J connectivity index is 2.16. The second-order valence-electron chi connectivity index (χ2n) is 4.55. The maximum absolute atomic E-state index is 13.6. The molecule has 1 N–H and O–H groups in total. The molecule has 24 heavy (non-hydrogen) atoms. The van der Waals surface area contributed by atoms with E-state index in [-0.39, 0.29) is 11.3 Å². The van der Waals surface area contributed by atoms with Gasteiger partial charge < -0.3 is 19.5 Å². The molecule has 0 bridgehead atoms. The van der Waals surface area contributed by atoms with E-state index in [1.807, 2.05) is 0 Å². The van der Waals surface area contributed by atoms with Gasteiger partial charge in [0.25, 0.3) is 5.91 Å². The Kier molecular flexibility index (Phi) is 5.51. The van der Waals surface area contributed by atoms with Crippen LogP contribution in [0.1, 0.15) is 10.4 Å². The number of nitrogens with one attached hydrogen (secondary N) is 1. The number of carbonyl (C=O) groups is 1. The van der Waals surface area contributed by atoms with Gasteiger partial charge in [-0.05, 0) is 30.3 Å². The highest BCUT2D eigenvalue weighted by atomic mass is 19.3. The Morgan fingerprint density at radius 1 is 1.00 bits per heavy atom. The van der Waals surface area contributed by atoms with Crippen molar-refractivity contribution in [2.75, 3.05) is 19.5 Å². The van der Waals surface area contributed by atoms with Crippen LogP contribution in [0.4, 0.5) is 18.9 Å². The van der Waals surface area contributed by atoms with E-state index in [1.165, 1.54) is 32.4 Å². The number of ether oxygens (including phenoxy) is 3. The molecular weight excluding hydrogens is 327 g/mol. The maximum atomic E-state index is 13.6. The first-order valence-corrected chi connectivity index (χ1v) is 6.72. The highest BCUT2D eigenvalue weighted by Gasteiger charge is 2.14. The quantitative estimate of drug-likeness (QED) is 0.870. The van der Waals surface area contributed by atoms with E-state index in [9.17, 15) is 18.0 Å². The Bertz CT molecular complexity index is 737. The number of benzene rings is 2. The number of halogens is 3. The van der Waals surface area contributed by atoms with Gasteiger partial charge in [0.1, 0.15) is 0 Å². The number of rotatable bonds is 6. The summed E-state index contributed by atoms with van der Waals surface area (Å²) in [6, 6.07) is 7.65. The molecule has 2 aromatic rings. The number of alkyl halides is 2. The molecule has 2 rings (SSSR count). The molecule has 0 heterocycles. The fourth-order valence-electron chi connectivity index (χ4n) is 1.95. The van der Waals surface area contributed by atoms with E-state index in [0.29, 0.717) is 11.5 Å². The van der Waals surface area contributed by atoms with Crippen LogP contribution in [0.3, 0.4) is 0 Å². The zero-order valence-corrected chi connectivity index (χ0v) is 12.8. The Hall–Kier alpha value is -2.90. The standard InChI is InChI=1S/C16H14F3NO4/c1-22-13-5-3-9(7-14(13)23-2)15(21)20-10-4-6-12(11(17)8-10)24-16(18)19/h3-8,16H,1-2H3,(H,20,21). The van der Waals surface area contributed by atoms with Crippen molar-refractivity contribution in [1.82, 2.24) is 0 Å². The van der Waals surface area contributed by atoms with Crippen molar-refractivity contribution in [2.45, 2.75) is 6.61 Å². The zero-order chi connectivity index (χ0) is 17.7. The van der Waals surface area contributed by atoms with Gasteiger partial charge in [0.15, 0.2) is 23.1 Å². The van der Waals surface area contributed by atoms with E-state index in [2.05, 4.69) is 10.1 Å². The van der Waals surface area contributed by atoms with Crippen molar-refractivity contribution < 1.29 is 32.2 Å². The van der Waals surface area contributed by atoms with Gasteiger partial charge in [-0.2, -0.15) is 8.78 Å². The summed E-state index contributed by atoms with van der Waals surface area (Å²) in [4.78, 5) is 12.2. The molecule has 0 atom stereocenters. The molecule has 2 aromatic carbocycles. The number of carbonyl (C=O) groups excluding carboxylic acids is 1. The molecule has 128 valence electrons. The lowest BCUT2D eigenvalue weighted by molar-refractivity contribution is -0.0521. The largest absolute Gasteiger partial charge is 0.493 e. The van der Waals surface area contributed by atoms with Crippen LogP contribution >= 0.6 is 0 Å². The Morgan fingerprint density at radius 2 is 1.67 bits per heavy atom. The molecular formula is C16H14F3NO4. The van der Waals surface area contributed by atoms with E-state index < -0.39 is 24.1 Å². The average molecular weight is 341 g/mol. The van der Waals surface area contributed by atoms with Crippen molar-refractivity contribution in [3.63, 3.8) is 0 Å². The Morgan fingerprint density at radius 3 is 2.25 bits per heavy atom. The van der Waals surface area contributed by atoms with Crippen LogP contribution in [0.15, 0.2) is 36.4 Å². The summed E-state index contributed by atoms with van der Waals surface area (Å²) in [6.07, 6.45) is 0. The number of anilines is 1. The minimum Gasteiger partial charge on any atom is -0.493 e. The topological polar surface area (TPSA) is 56.8 Å². The van der Waals surface area contributed by atoms with Crippen LogP contribution in [0, 0.1) is 5.82 Å². The van der Waals surface area contributed by atoms with Crippen molar-refractivity contribution in [2.24, 2.45) is 0 Å². The summed E-state index contributed by atoms with van der Waals surface area (Å²) in [5, 5.41) is 2.45. The molecule has 0 aliphatic carbocycles. The van der Waals surface area contributed by atoms with Gasteiger partial charge in [0.05, 0.1) is 14.2 Å². The first-order chi connectivity index (χ1) is 11.4. The van der Waals surface area contributed by atoms with E-state index in [1.54, 1.807) is 6.07 Å². The highest BCUT2D eigenvalue weighted by Crippen LogP contribution is 2.28. The molecule has 0 aliphatic heterocycles. The van der Waals surface area contributed by atoms with Crippen molar-refractivity contribution in [3.05, 3.63) is 47.8 Å². The normalized spacial score (nSPS) is 10.4. The number of hydrogen-bond acceptors (Lipinski definition) is 4. The monoisotopic (exact) mass is 341 g/mol. The Labute approximate surface area is 135 Å². The van der Waals surface area contributed by atoms with E-state index in [4.69, 9.17) is 9.47 Å². The van der Waals surface area contributed by atoms with Gasteiger partial charge in [0, 0.05) is 17.3 Å². The van der Waals surface area contributed by atoms with Crippen LogP contribution in [0.25, 0.3) is 0 Å². The highest BCUT2D eigenvalue weighted by molar-refractivity contribution is 6.04. The summed E-state index contributed by atoms with van der Waals surface area (Å²) in [5.74, 6) is -1.34. The van der Waals surface area contributed by atoms with Gasteiger partial charge in [-0.25, -0.2) is 4.39 Å². The number of amides is 1. The number of hydrogen-bond donors (Lipinski definition) is 1. The zero-order valence-electron chi connectivity index (χ0n) is 12.8. The van der Waals surface area contributed by atoms with Gasteiger partial charge in [-0.1, -0.05) is 0 Å². The number of methoxy groups -OCH3 is 2. The smallest absolute Gasteiger partial charge is 0.387 e. The van der Waals surface area contributed by atoms with Crippen molar-refractivity contribution in [3.8, 4) is 17.2 Å². The summed E-state index contributed by atoms with van der Waals surface area (Å²) >= 11 is 0. The molecule has 0 saturated heterocycles. The second kappa shape index (κ2) is 7.58.